The summed E-state index contributed by atoms with van der Waals surface area (Å²) in [5.74, 6) is -0.280. The van der Waals surface area contributed by atoms with Crippen molar-refractivity contribution in [3.63, 3.8) is 0 Å². The third kappa shape index (κ3) is 3.88. The molecule has 0 aromatic heterocycles. The van der Waals surface area contributed by atoms with Crippen LogP contribution in [0.2, 0.25) is 0 Å². The highest BCUT2D eigenvalue weighted by Crippen LogP contribution is 2.29. The number of rotatable bonds is 5. The Morgan fingerprint density at radius 3 is 2.55 bits per heavy atom. The zero-order valence-corrected chi connectivity index (χ0v) is 12.7. The number of alkyl halides is 1. The molecule has 20 heavy (non-hydrogen) atoms. The van der Waals surface area contributed by atoms with Crippen molar-refractivity contribution >= 4 is 17.7 Å². The van der Waals surface area contributed by atoms with E-state index in [1.165, 1.54) is 4.90 Å². The number of ether oxygens (including phenoxy) is 1. The predicted molar refractivity (Wildman–Crippen MR) is 78.7 cm³/mol. The molecule has 108 valence electrons. The zero-order valence-electron chi connectivity index (χ0n) is 11.9. The lowest BCUT2D eigenvalue weighted by atomic mass is 9.89. The minimum absolute atomic E-state index is 0.251. The van der Waals surface area contributed by atoms with Crippen LogP contribution < -0.4 is 0 Å². The van der Waals surface area contributed by atoms with Crippen LogP contribution in [0.5, 0.6) is 0 Å². The Morgan fingerprint density at radius 1 is 1.45 bits per heavy atom. The van der Waals surface area contributed by atoms with Crippen molar-refractivity contribution in [1.82, 2.24) is 4.90 Å². The molecule has 5 heteroatoms. The lowest BCUT2D eigenvalue weighted by molar-refractivity contribution is 0.0996. The van der Waals surface area contributed by atoms with Crippen molar-refractivity contribution in [2.24, 2.45) is 0 Å². The molecule has 0 unspecified atom stereocenters. The molecule has 1 amide bonds. The lowest BCUT2D eigenvalue weighted by Crippen LogP contribution is -2.41. The summed E-state index contributed by atoms with van der Waals surface area (Å²) < 4.78 is 4.99. The van der Waals surface area contributed by atoms with Gasteiger partial charge in [0.05, 0.1) is 12.7 Å². The summed E-state index contributed by atoms with van der Waals surface area (Å²) in [5, 5.41) is 8.40. The molecule has 0 spiro atoms. The molecule has 4 nitrogen and oxygen atoms in total. The van der Waals surface area contributed by atoms with Gasteiger partial charge in [-0.05, 0) is 19.4 Å². The second kappa shape index (κ2) is 7.76. The molecule has 0 radical (unpaired) electrons. The molecule has 0 aliphatic heterocycles. The normalized spacial score (nSPS) is 14.8. The fourth-order valence-corrected chi connectivity index (χ4v) is 2.44. The van der Waals surface area contributed by atoms with Gasteiger partial charge in [0.2, 0.25) is 0 Å². The third-order valence-corrected chi connectivity index (χ3v) is 3.68. The molecule has 1 aromatic rings. The number of amides is 1. The minimum atomic E-state index is -0.718. The van der Waals surface area contributed by atoms with Gasteiger partial charge >= 0.3 is 6.09 Å². The van der Waals surface area contributed by atoms with Gasteiger partial charge < -0.3 is 9.64 Å². The summed E-state index contributed by atoms with van der Waals surface area (Å²) >= 11 is 6.15. The summed E-state index contributed by atoms with van der Waals surface area (Å²) in [4.78, 5) is 13.3. The molecule has 0 N–H and O–H groups in total. The smallest absolute Gasteiger partial charge is 0.409 e. The second-order valence-electron chi connectivity index (χ2n) is 4.52. The first-order valence-corrected chi connectivity index (χ1v) is 6.94. The molecular formula is C15H19ClN2O2. The van der Waals surface area contributed by atoms with Crippen LogP contribution in [0.4, 0.5) is 4.79 Å². The van der Waals surface area contributed by atoms with E-state index in [9.17, 15) is 4.79 Å². The van der Waals surface area contributed by atoms with E-state index >= 15 is 0 Å². The van der Waals surface area contributed by atoms with E-state index in [1.54, 1.807) is 14.0 Å². The Morgan fingerprint density at radius 2 is 2.05 bits per heavy atom. The number of likely N-dealkylation sites (N-methyl/N-ethyl adjacent to an activating group) is 1. The fraction of sp³-hybridized carbons (Fsp3) is 0.467. The largest absolute Gasteiger partial charge is 0.450 e. The van der Waals surface area contributed by atoms with Crippen molar-refractivity contribution < 1.29 is 9.53 Å². The van der Waals surface area contributed by atoms with E-state index in [-0.39, 0.29) is 12.0 Å². The lowest BCUT2D eigenvalue weighted by Gasteiger charge is -2.32. The van der Waals surface area contributed by atoms with Crippen molar-refractivity contribution in [2.45, 2.75) is 31.2 Å². The van der Waals surface area contributed by atoms with Crippen molar-refractivity contribution in [1.29, 1.82) is 5.26 Å². The van der Waals surface area contributed by atoms with Crippen LogP contribution >= 0.6 is 11.6 Å². The second-order valence-corrected chi connectivity index (χ2v) is 4.99. The third-order valence-electron chi connectivity index (χ3n) is 3.31. The highest BCUT2D eigenvalue weighted by Gasteiger charge is 2.32. The van der Waals surface area contributed by atoms with Crippen LogP contribution in [0.1, 0.15) is 25.3 Å². The summed E-state index contributed by atoms with van der Waals surface area (Å²) in [6.45, 7) is 3.93. The van der Waals surface area contributed by atoms with Crippen LogP contribution in [0, 0.1) is 11.3 Å². The number of carbonyl (C=O) groups excluding carboxylic acids is 1. The highest BCUT2D eigenvalue weighted by molar-refractivity contribution is 6.22. The molecule has 0 aliphatic rings. The number of hydrogen-bond donors (Lipinski definition) is 0. The quantitative estimate of drug-likeness (QED) is 0.782. The van der Waals surface area contributed by atoms with Gasteiger partial charge in [-0.2, -0.15) is 5.26 Å². The van der Waals surface area contributed by atoms with E-state index in [0.717, 1.165) is 5.56 Å². The van der Waals surface area contributed by atoms with Crippen LogP contribution in [0.15, 0.2) is 30.3 Å². The van der Waals surface area contributed by atoms with Gasteiger partial charge in [-0.1, -0.05) is 30.3 Å². The maximum Gasteiger partial charge on any atom is 0.409 e. The van der Waals surface area contributed by atoms with Crippen molar-refractivity contribution in [2.75, 3.05) is 13.7 Å². The Bertz CT molecular complexity index is 473. The van der Waals surface area contributed by atoms with E-state index in [1.807, 2.05) is 37.3 Å². The number of carbonyl (C=O) groups is 1. The molecule has 0 aliphatic carbocycles. The van der Waals surface area contributed by atoms with Crippen molar-refractivity contribution in [3.05, 3.63) is 35.9 Å². The van der Waals surface area contributed by atoms with E-state index < -0.39 is 11.5 Å². The van der Waals surface area contributed by atoms with Crippen molar-refractivity contribution in [3.8, 4) is 6.07 Å². The Hall–Kier alpha value is -1.73. The summed E-state index contributed by atoms with van der Waals surface area (Å²) in [5.41, 5.74) is 0.928. The van der Waals surface area contributed by atoms with Gasteiger partial charge in [-0.3, -0.25) is 0 Å². The molecule has 0 bridgehead atoms. The van der Waals surface area contributed by atoms with Crippen LogP contribution in [0.25, 0.3) is 0 Å². The topological polar surface area (TPSA) is 53.3 Å². The van der Waals surface area contributed by atoms with E-state index in [2.05, 4.69) is 6.07 Å². The van der Waals surface area contributed by atoms with Gasteiger partial charge in [-0.25, -0.2) is 4.79 Å². The minimum Gasteiger partial charge on any atom is -0.450 e. The fourth-order valence-electron chi connectivity index (χ4n) is 2.08. The van der Waals surface area contributed by atoms with Gasteiger partial charge in [0.25, 0.3) is 0 Å². The first-order chi connectivity index (χ1) is 9.52. The Kier molecular flexibility index (Phi) is 6.33. The van der Waals surface area contributed by atoms with E-state index in [0.29, 0.717) is 6.61 Å². The van der Waals surface area contributed by atoms with Gasteiger partial charge in [0, 0.05) is 19.0 Å². The first-order valence-electron chi connectivity index (χ1n) is 6.51. The summed E-state index contributed by atoms with van der Waals surface area (Å²) in [7, 11) is 1.65. The van der Waals surface area contributed by atoms with Gasteiger partial charge in [-0.15, -0.1) is 11.6 Å². The standard InChI is InChI=1S/C15H19ClN2O2/c1-4-20-15(19)18(3)11(2)14(13(16)10-17)12-8-6-5-7-9-12/h5-9,11,13-14H,4H2,1-3H3/t11-,13-,14-/m1/s1. The maximum absolute atomic E-state index is 11.8. The molecule has 1 aromatic carbocycles. The summed E-state index contributed by atoms with van der Waals surface area (Å²) in [6.07, 6.45) is -0.414. The Labute approximate surface area is 124 Å². The van der Waals surface area contributed by atoms with Gasteiger partial charge in [0.15, 0.2) is 0 Å². The number of nitriles is 1. The molecule has 0 saturated heterocycles. The first kappa shape index (κ1) is 16.3. The average molecular weight is 295 g/mol. The Balaban J connectivity index is 3.00. The van der Waals surface area contributed by atoms with Crippen LogP contribution in [0.3, 0.4) is 0 Å². The highest BCUT2D eigenvalue weighted by atomic mass is 35.5. The van der Waals surface area contributed by atoms with E-state index in [4.69, 9.17) is 21.6 Å². The summed E-state index contributed by atoms with van der Waals surface area (Å²) in [6, 6.07) is 11.3. The molecule has 0 fully saturated rings. The maximum atomic E-state index is 11.8. The molecule has 0 saturated carbocycles. The predicted octanol–water partition coefficient (Wildman–Crippen LogP) is 3.38. The SMILES string of the molecule is CCOC(=O)N(C)[C@H](C)[C@H](c1ccccc1)[C@H](Cl)C#N. The number of hydrogen-bond acceptors (Lipinski definition) is 3. The molecular weight excluding hydrogens is 276 g/mol. The van der Waals surface area contributed by atoms with Gasteiger partial charge in [0.1, 0.15) is 5.38 Å². The average Bonchev–Trinajstić information content (AvgIpc) is 2.47. The molecule has 0 heterocycles. The zero-order chi connectivity index (χ0) is 15.1. The number of halogens is 1. The molecule has 1 rings (SSSR count). The monoisotopic (exact) mass is 294 g/mol. The number of benzene rings is 1. The van der Waals surface area contributed by atoms with Crippen LogP contribution in [-0.4, -0.2) is 36.1 Å². The number of nitrogens with zero attached hydrogens (tertiary/aromatic N) is 2. The van der Waals surface area contributed by atoms with Crippen LogP contribution in [-0.2, 0) is 4.74 Å². The molecule has 3 atom stereocenters.